The van der Waals surface area contributed by atoms with Crippen LogP contribution in [0, 0.1) is 3.57 Å². The van der Waals surface area contributed by atoms with Gasteiger partial charge in [0.05, 0.1) is 78.7 Å². The predicted octanol–water partition coefficient (Wildman–Crippen LogP) is 21.2. The van der Waals surface area contributed by atoms with Crippen LogP contribution in [0.5, 0.6) is 17.2 Å². The summed E-state index contributed by atoms with van der Waals surface area (Å²) in [5, 5.41) is 15.4. The fraction of sp³-hybridized carbons (Fsp3) is 0.299. The zero-order valence-electron chi connectivity index (χ0n) is 56.8. The van der Waals surface area contributed by atoms with Gasteiger partial charge in [0.25, 0.3) is 0 Å². The molecule has 11 aromatic rings. The van der Waals surface area contributed by atoms with Gasteiger partial charge in [-0.1, -0.05) is 58.0 Å². The van der Waals surface area contributed by atoms with E-state index in [4.69, 9.17) is 96.9 Å². The molecule has 4 fully saturated rings. The molecule has 542 valence electrons. The highest BCUT2D eigenvalue weighted by atomic mass is 127. The lowest BCUT2D eigenvalue weighted by molar-refractivity contribution is 0.0983. The number of fused-ring (bicyclic) bond motifs is 4. The summed E-state index contributed by atoms with van der Waals surface area (Å²) in [5.41, 5.74) is 13.2. The summed E-state index contributed by atoms with van der Waals surface area (Å²) in [5.74, 6) is 1.82. The number of thiol groups is 1. The smallest absolute Gasteiger partial charge is 0.181 e. The second-order valence-electron chi connectivity index (χ2n) is 23.9. The molecular weight excluding hydrogens is 1600 g/mol. The van der Waals surface area contributed by atoms with Crippen molar-refractivity contribution in [3.63, 3.8) is 0 Å². The Morgan fingerprint density at radius 2 is 0.835 bits per heavy atom. The van der Waals surface area contributed by atoms with Crippen LogP contribution in [-0.4, -0.2) is 124 Å². The molecule has 4 saturated heterocycles. The largest absolute Gasteiger partial charge is 0.495 e. The van der Waals surface area contributed by atoms with Crippen LogP contribution in [0.15, 0.2) is 191 Å². The van der Waals surface area contributed by atoms with Gasteiger partial charge in [-0.25, -0.2) is 8.42 Å². The fourth-order valence-corrected chi connectivity index (χ4v) is 17.0. The van der Waals surface area contributed by atoms with E-state index in [2.05, 4.69) is 96.1 Å². The van der Waals surface area contributed by atoms with Crippen molar-refractivity contribution in [2.45, 2.75) is 87.1 Å². The maximum atomic E-state index is 13.1. The third-order valence-electron chi connectivity index (χ3n) is 16.8. The van der Waals surface area contributed by atoms with Crippen molar-refractivity contribution in [1.29, 1.82) is 0 Å². The molecule has 103 heavy (non-hydrogen) atoms. The van der Waals surface area contributed by atoms with Gasteiger partial charge in [0.2, 0.25) is 0 Å². The van der Waals surface area contributed by atoms with E-state index < -0.39 is 15.1 Å². The van der Waals surface area contributed by atoms with Gasteiger partial charge in [0.15, 0.2) is 9.84 Å². The lowest BCUT2D eigenvalue weighted by Crippen LogP contribution is -2.28. The van der Waals surface area contributed by atoms with E-state index in [1.807, 2.05) is 96.5 Å². The number of sulfone groups is 1. The number of nitrogens with two attached hydrogens (primary N) is 1. The van der Waals surface area contributed by atoms with Crippen LogP contribution in [-0.2, 0) is 28.8 Å². The van der Waals surface area contributed by atoms with Crippen molar-refractivity contribution in [1.82, 2.24) is 19.9 Å². The Kier molecular flexibility index (Phi) is 31.0. The minimum atomic E-state index is -3.43. The Balaban J connectivity index is 0.000000141. The number of thioether (sulfide) groups is 2. The number of pyridine rings is 4. The molecule has 0 saturated carbocycles. The van der Waals surface area contributed by atoms with E-state index in [0.717, 1.165) is 149 Å². The first kappa shape index (κ1) is 79.6. The molecule has 0 amide bonds. The molecule has 8 heterocycles. The van der Waals surface area contributed by atoms with Crippen molar-refractivity contribution < 1.29 is 41.6 Å². The highest BCUT2D eigenvalue weighted by Crippen LogP contribution is 2.39. The Morgan fingerprint density at radius 1 is 0.447 bits per heavy atom. The quantitative estimate of drug-likeness (QED) is 0.0482. The maximum Gasteiger partial charge on any atom is 0.181 e. The van der Waals surface area contributed by atoms with Crippen molar-refractivity contribution >= 4 is 199 Å². The van der Waals surface area contributed by atoms with Crippen molar-refractivity contribution in [3.05, 3.63) is 205 Å². The van der Waals surface area contributed by atoms with Gasteiger partial charge in [0.1, 0.15) is 17.2 Å². The van der Waals surface area contributed by atoms with Crippen LogP contribution >= 0.6 is 117 Å². The van der Waals surface area contributed by atoms with E-state index in [-0.39, 0.29) is 0 Å². The second kappa shape index (κ2) is 40.1. The molecule has 4 N–H and O–H groups in total. The van der Waals surface area contributed by atoms with Gasteiger partial charge in [-0.2, -0.15) is 12.6 Å². The molecule has 0 unspecified atom stereocenters. The minimum Gasteiger partial charge on any atom is -0.495 e. The monoisotopic (exact) mass is 1680 g/mol. The lowest BCUT2D eigenvalue weighted by atomic mass is 10.2. The summed E-state index contributed by atoms with van der Waals surface area (Å²) < 4.78 is 64.1. The zero-order chi connectivity index (χ0) is 72.7. The highest BCUT2D eigenvalue weighted by Gasteiger charge is 2.30. The van der Waals surface area contributed by atoms with E-state index in [1.54, 1.807) is 94.5 Å². The van der Waals surface area contributed by atoms with Crippen molar-refractivity contribution in [3.8, 4) is 17.2 Å². The molecule has 26 heteroatoms. The summed E-state index contributed by atoms with van der Waals surface area (Å²) in [6.45, 7) is 6.26. The second-order valence-corrected chi connectivity index (χ2v) is 32.9. The lowest BCUT2D eigenvalue weighted by Gasteiger charge is -2.22. The van der Waals surface area contributed by atoms with Gasteiger partial charge < -0.3 is 49.5 Å². The fourth-order valence-electron chi connectivity index (χ4n) is 11.3. The number of nitrogen functional groups attached to an aromatic ring is 1. The van der Waals surface area contributed by atoms with Gasteiger partial charge in [-0.05, 0) is 207 Å². The first-order chi connectivity index (χ1) is 49.9. The summed E-state index contributed by atoms with van der Waals surface area (Å²) in [4.78, 5) is 20.2. The molecule has 0 bridgehead atoms. The third kappa shape index (κ3) is 23.3. The molecule has 0 aliphatic carbocycles. The van der Waals surface area contributed by atoms with Gasteiger partial charge in [-0.15, -0.1) is 23.5 Å². The maximum absolute atomic E-state index is 13.1. The molecule has 0 atom stereocenters. The average Bonchev–Trinajstić information content (AvgIpc) is 0.783. The minimum absolute atomic E-state index is 0.307. The number of methoxy groups -OCH3 is 3. The number of halogens is 6. The summed E-state index contributed by atoms with van der Waals surface area (Å²) >= 11 is 40.5. The summed E-state index contributed by atoms with van der Waals surface area (Å²) in [6.07, 6.45) is 14.7. The van der Waals surface area contributed by atoms with Crippen LogP contribution in [0.3, 0.4) is 0 Å². The number of nitrogens with zero attached hydrogens (tertiary/aromatic N) is 4. The number of ether oxygens (including phenoxy) is 7. The first-order valence-electron chi connectivity index (χ1n) is 33.3. The number of rotatable bonds is 13. The molecule has 4 aromatic heterocycles. The molecule has 4 aliphatic rings. The number of nitrogens with one attached hydrogen (secondary N) is 2. The van der Waals surface area contributed by atoms with Crippen LogP contribution in [0.25, 0.3) is 43.6 Å². The molecule has 7 aromatic carbocycles. The molecular formula is C77H79Cl5IN7O9S4. The molecule has 16 nitrogen and oxygen atoms in total. The summed E-state index contributed by atoms with van der Waals surface area (Å²) in [6, 6.07) is 47.5. The normalized spacial score (nSPS) is 15.1. The topological polar surface area (TPSA) is 200 Å². The Hall–Kier alpha value is -6.00. The van der Waals surface area contributed by atoms with Gasteiger partial charge >= 0.3 is 0 Å². The van der Waals surface area contributed by atoms with Crippen LogP contribution < -0.4 is 30.6 Å². The number of hydrogen-bond acceptors (Lipinski definition) is 19. The van der Waals surface area contributed by atoms with E-state index in [1.165, 1.54) is 13.4 Å². The van der Waals surface area contributed by atoms with Crippen LogP contribution in [0.1, 0.15) is 51.4 Å². The SMILES string of the molecule is COc1cc(N)ccc1Cl.COc1cc(Nc2ccnc3ccc(S(=O)(=O)C4CCOCC4)cc23)ccc1Cl.COc1cc(Nc2ccnc3ccc(SC4CCOCC4)cc23)ccc1Cl.Clc1ccnc2ccc(I)cc12.Clc1ccnc2ccc(SC3CCOCC3)cc12.SC1CCOCC1. The molecule has 15 rings (SSSR count). The zero-order valence-corrected chi connectivity index (χ0v) is 66.1. The summed E-state index contributed by atoms with van der Waals surface area (Å²) in [7, 11) is 1.30. The van der Waals surface area contributed by atoms with Gasteiger partial charge in [0, 0.05) is 175 Å². The van der Waals surface area contributed by atoms with E-state index in [9.17, 15) is 8.42 Å². The predicted molar refractivity (Wildman–Crippen MR) is 438 cm³/mol. The number of benzene rings is 7. The first-order valence-corrected chi connectivity index (χ1v) is 40.1. The average molecular weight is 1680 g/mol. The Morgan fingerprint density at radius 3 is 1.29 bits per heavy atom. The Labute approximate surface area is 654 Å². The van der Waals surface area contributed by atoms with Crippen LogP contribution in [0.4, 0.5) is 28.4 Å². The number of aromatic nitrogens is 4. The number of anilines is 5. The Bertz CT molecular complexity index is 4730. The molecule has 4 aliphatic heterocycles. The third-order valence-corrected chi connectivity index (χ3v) is 24.5. The van der Waals surface area contributed by atoms with E-state index in [0.29, 0.717) is 90.2 Å². The highest BCUT2D eigenvalue weighted by molar-refractivity contribution is 14.1. The van der Waals surface area contributed by atoms with Crippen molar-refractivity contribution in [2.24, 2.45) is 0 Å². The van der Waals surface area contributed by atoms with Gasteiger partial charge in [-0.3, -0.25) is 19.9 Å². The van der Waals surface area contributed by atoms with Crippen molar-refractivity contribution in [2.75, 3.05) is 90.6 Å². The standard InChI is InChI=1S/C21H21ClN2O4S.C21H21ClN2O2S.C14H14ClNOS.C9H5ClIN.C7H8ClNO.C5H10OS/c1-27-21-12-14(2-4-18(21)22)24-20-6-9-23-19-5-3-16(13-17(19)20)29(25,26)15-7-10-28-11-8-15;1-25-21-12-14(2-4-18(21)22)24-20-6-9-23-19-5-3-16(13-17(19)20)27-15-7-10-26-11-8-15;15-13-3-6-16-14-2-1-11(9-12(13)14)18-10-4-7-17-8-5-10;10-8-3-4-12-9-2-1-6(11)5-7(8)9;1-10-7-4-5(9)2-3-6(7)8;7-5-1-3-6-4-2-5/h2-6,9,12-13,15H,7-8,10-11H2,1H3,(H,23,24);2-6,9,12-13,15H,7-8,10-11H2,1H3,(H,23,24);1-3,6,9-10H,4-5,7-8H2;1-5H;2-4H,9H2,1H3;5,7H,1-4H2. The number of hydrogen-bond donors (Lipinski definition) is 4. The van der Waals surface area contributed by atoms with Crippen LogP contribution in [0.2, 0.25) is 25.1 Å². The molecule has 0 radical (unpaired) electrons. The molecule has 0 spiro atoms. The van der Waals surface area contributed by atoms with E-state index >= 15 is 0 Å².